The second kappa shape index (κ2) is 82.4. The molecule has 5 atom stereocenters. The van der Waals surface area contributed by atoms with Crippen molar-refractivity contribution in [2.75, 3.05) is 39.6 Å². The summed E-state index contributed by atoms with van der Waals surface area (Å²) in [7, 11) is -10.1. The Kier molecular flexibility index (Phi) is 77.5. The van der Waals surface area contributed by atoms with Crippen molar-refractivity contribution in [3.63, 3.8) is 0 Å². The first-order chi connectivity index (χ1) is 54.7. The third-order valence-corrected chi connectivity index (χ3v) is 18.4. The molecule has 0 rings (SSSR count). The molecule has 0 bridgehead atoms. The third kappa shape index (κ3) is 81.4. The summed E-state index contributed by atoms with van der Waals surface area (Å²) in [6.07, 6.45) is 105. The first-order valence-electron chi connectivity index (χ1n) is 42.0. The molecule has 0 amide bonds. The van der Waals surface area contributed by atoms with Crippen molar-refractivity contribution < 1.29 is 80.2 Å². The van der Waals surface area contributed by atoms with Gasteiger partial charge in [-0.15, -0.1) is 0 Å². The van der Waals surface area contributed by atoms with Crippen LogP contribution in [0.3, 0.4) is 0 Å². The van der Waals surface area contributed by atoms with E-state index >= 15 is 0 Å². The first-order valence-corrected chi connectivity index (χ1v) is 45.0. The number of carbonyl (C=O) groups excluding carboxylic acids is 4. The van der Waals surface area contributed by atoms with Crippen LogP contribution >= 0.6 is 15.6 Å². The second-order valence-corrected chi connectivity index (χ2v) is 29.8. The minimum absolute atomic E-state index is 0.00958. The van der Waals surface area contributed by atoms with Gasteiger partial charge in [0.05, 0.1) is 26.4 Å². The molecular formula is C93H146O17P2. The number of aliphatic hydroxyl groups is 1. The lowest BCUT2D eigenvalue weighted by atomic mass is 10.0. The number of ether oxygens (including phenoxy) is 4. The topological polar surface area (TPSA) is 237 Å². The number of hydrogen-bond donors (Lipinski definition) is 3. The molecule has 3 N–H and O–H groups in total. The van der Waals surface area contributed by atoms with E-state index in [1.807, 2.05) is 54.7 Å². The molecule has 0 aromatic carbocycles. The molecular weight excluding hydrogens is 1450 g/mol. The highest BCUT2D eigenvalue weighted by molar-refractivity contribution is 7.47. The van der Waals surface area contributed by atoms with E-state index in [-0.39, 0.29) is 25.7 Å². The standard InChI is InChI=1S/C93H146O17P2/c1-5-9-13-17-21-25-29-33-37-40-43-46-50-53-57-61-65-69-73-77-90(95)103-83-88(109-92(97)79-75-71-67-63-59-55-49-36-32-28-24-20-16-12-8-4)85-107-111(99,100)105-81-87(94)82-106-112(101,102)108-86-89(110-93(98)80-76-72-68-64-60-56-52-48-45-42-39-35-31-27-23-19-15-11-7-3)84-104-91(96)78-74-70-66-62-58-54-51-47-44-41-38-34-30-26-22-18-14-10-6-2/h9-11,13-15,21-23,25-27,33-35,37-39,43-48,53-54,56-58,60,65-66,68-70,72,87-89,94H,5-8,12,16-20,24,28-32,36,40-42,49-52,55,59,61-64,67,71,73-86H2,1-4H3,(H,99,100)(H,101,102)/b13-9-,14-10-,15-11-,25-21-,26-22-,27-23-,37-33-,38-34-,39-35-,46-43-,47-44-,48-45-,57-53-,58-54-,60-56-,69-65-,70-66-,72-68-/t87-,88+,89+/m0/s1. The van der Waals surface area contributed by atoms with Crippen molar-refractivity contribution >= 4 is 39.5 Å². The number of phosphoric ester groups is 2. The fourth-order valence-corrected chi connectivity index (χ4v) is 11.8. The van der Waals surface area contributed by atoms with Crippen molar-refractivity contribution in [1.29, 1.82) is 0 Å². The van der Waals surface area contributed by atoms with Crippen LogP contribution in [0.5, 0.6) is 0 Å². The Morgan fingerprint density at radius 3 is 0.714 bits per heavy atom. The quantitative estimate of drug-likeness (QED) is 0.0169. The molecule has 0 saturated carbocycles. The van der Waals surface area contributed by atoms with Crippen molar-refractivity contribution in [2.24, 2.45) is 0 Å². The molecule has 112 heavy (non-hydrogen) atoms. The van der Waals surface area contributed by atoms with E-state index in [1.165, 1.54) is 64.2 Å². The van der Waals surface area contributed by atoms with Crippen LogP contribution in [-0.2, 0) is 65.4 Å². The van der Waals surface area contributed by atoms with Crippen LogP contribution in [0.1, 0.15) is 285 Å². The summed E-state index contributed by atoms with van der Waals surface area (Å²) in [6.45, 7) is 4.26. The van der Waals surface area contributed by atoms with E-state index in [0.29, 0.717) is 44.9 Å². The van der Waals surface area contributed by atoms with Gasteiger partial charge >= 0.3 is 39.5 Å². The smallest absolute Gasteiger partial charge is 0.462 e. The van der Waals surface area contributed by atoms with Gasteiger partial charge in [-0.3, -0.25) is 37.3 Å². The molecule has 0 aliphatic carbocycles. The Morgan fingerprint density at radius 1 is 0.259 bits per heavy atom. The second-order valence-electron chi connectivity index (χ2n) is 26.9. The summed E-state index contributed by atoms with van der Waals surface area (Å²) in [5, 5.41) is 10.7. The number of allylic oxidation sites excluding steroid dienone is 36. The largest absolute Gasteiger partial charge is 0.472 e. The number of esters is 4. The number of aliphatic hydroxyl groups excluding tert-OH is 1. The highest BCUT2D eigenvalue weighted by Crippen LogP contribution is 2.45. The summed E-state index contributed by atoms with van der Waals surface area (Å²) in [5.41, 5.74) is 0. The fraction of sp³-hybridized carbons (Fsp3) is 0.570. The summed E-state index contributed by atoms with van der Waals surface area (Å²) in [4.78, 5) is 73.1. The summed E-state index contributed by atoms with van der Waals surface area (Å²) < 4.78 is 68.5. The van der Waals surface area contributed by atoms with Crippen LogP contribution in [0.15, 0.2) is 219 Å². The predicted octanol–water partition coefficient (Wildman–Crippen LogP) is 25.2. The molecule has 0 aromatic rings. The highest BCUT2D eigenvalue weighted by atomic mass is 31.2. The average molecular weight is 1600 g/mol. The molecule has 0 radical (unpaired) electrons. The predicted molar refractivity (Wildman–Crippen MR) is 463 cm³/mol. The van der Waals surface area contributed by atoms with Crippen LogP contribution in [0.4, 0.5) is 0 Å². The number of phosphoric acid groups is 2. The molecule has 17 nitrogen and oxygen atoms in total. The van der Waals surface area contributed by atoms with Gasteiger partial charge in [0, 0.05) is 25.7 Å². The third-order valence-electron chi connectivity index (χ3n) is 16.5. The van der Waals surface area contributed by atoms with E-state index in [4.69, 9.17) is 37.0 Å². The van der Waals surface area contributed by atoms with Gasteiger partial charge in [-0.1, -0.05) is 336 Å². The van der Waals surface area contributed by atoms with Crippen LogP contribution < -0.4 is 0 Å². The zero-order chi connectivity index (χ0) is 81.7. The molecule has 2 unspecified atom stereocenters. The van der Waals surface area contributed by atoms with E-state index in [1.54, 1.807) is 0 Å². The fourth-order valence-electron chi connectivity index (χ4n) is 10.2. The molecule has 0 aliphatic heterocycles. The maximum Gasteiger partial charge on any atom is 0.472 e. The van der Waals surface area contributed by atoms with E-state index in [9.17, 15) is 43.2 Å². The highest BCUT2D eigenvalue weighted by Gasteiger charge is 2.30. The van der Waals surface area contributed by atoms with Gasteiger partial charge in [-0.25, -0.2) is 9.13 Å². The van der Waals surface area contributed by atoms with Crippen molar-refractivity contribution in [2.45, 2.75) is 303 Å². The Bertz CT molecular complexity index is 2990. The number of hydrogen-bond acceptors (Lipinski definition) is 15. The Morgan fingerprint density at radius 2 is 0.464 bits per heavy atom. The summed E-state index contributed by atoms with van der Waals surface area (Å²) in [5.74, 6) is -2.49. The molecule has 630 valence electrons. The zero-order valence-corrected chi connectivity index (χ0v) is 70.8. The van der Waals surface area contributed by atoms with Gasteiger partial charge < -0.3 is 33.8 Å². The van der Waals surface area contributed by atoms with Gasteiger partial charge in [0.25, 0.3) is 0 Å². The van der Waals surface area contributed by atoms with Crippen LogP contribution in [0.25, 0.3) is 0 Å². The minimum atomic E-state index is -5.03. The van der Waals surface area contributed by atoms with Crippen LogP contribution in [0.2, 0.25) is 0 Å². The molecule has 19 heteroatoms. The lowest BCUT2D eigenvalue weighted by Gasteiger charge is -2.21. The minimum Gasteiger partial charge on any atom is -0.462 e. The van der Waals surface area contributed by atoms with Crippen molar-refractivity contribution in [3.8, 4) is 0 Å². The maximum absolute atomic E-state index is 13.1. The molecule has 0 heterocycles. The van der Waals surface area contributed by atoms with Gasteiger partial charge in [0.2, 0.25) is 0 Å². The van der Waals surface area contributed by atoms with E-state index in [2.05, 4.69) is 192 Å². The van der Waals surface area contributed by atoms with E-state index < -0.39 is 97.5 Å². The van der Waals surface area contributed by atoms with Gasteiger partial charge in [-0.2, -0.15) is 0 Å². The lowest BCUT2D eigenvalue weighted by Crippen LogP contribution is -2.30. The molecule has 0 spiro atoms. The Balaban J connectivity index is 5.60. The molecule has 0 aromatic heterocycles. The molecule has 0 saturated heterocycles. The maximum atomic E-state index is 13.1. The number of rotatable bonds is 76. The first kappa shape index (κ1) is 105. The van der Waals surface area contributed by atoms with Crippen molar-refractivity contribution in [3.05, 3.63) is 219 Å². The SMILES string of the molecule is CC/C=C\C/C=C\C/C=C\C/C=C\C/C=C\C/C=C\CCC(=O)OC[C@H](COP(=O)(O)OC[C@@H](O)COP(=O)(O)OC[C@@H](COC(=O)CC/C=C\C/C=C\C/C=C\C/C=C\C/C=C\C/C=C\CC)OC(=O)CCCCCCCCCCCCCCCCC)OC(=O)CC/C=C\C/C=C\C/C=C\C/C=C\C/C=C\C/C=C\CC. The van der Waals surface area contributed by atoms with Gasteiger partial charge in [0.15, 0.2) is 12.2 Å². The molecule has 0 fully saturated rings. The lowest BCUT2D eigenvalue weighted by molar-refractivity contribution is -0.161. The van der Waals surface area contributed by atoms with Crippen molar-refractivity contribution in [1.82, 2.24) is 0 Å². The Hall–Kier alpha value is -6.62. The van der Waals surface area contributed by atoms with E-state index in [0.717, 1.165) is 122 Å². The molecule has 0 aliphatic rings. The Labute approximate surface area is 677 Å². The normalized spacial score (nSPS) is 14.9. The number of carbonyl (C=O) groups is 4. The monoisotopic (exact) mass is 1600 g/mol. The zero-order valence-electron chi connectivity index (χ0n) is 69.0. The average Bonchev–Trinajstić information content (AvgIpc) is 0.898. The van der Waals surface area contributed by atoms with Crippen LogP contribution in [-0.4, -0.2) is 96.7 Å². The van der Waals surface area contributed by atoms with Gasteiger partial charge in [-0.05, 0) is 141 Å². The van der Waals surface area contributed by atoms with Gasteiger partial charge in [0.1, 0.15) is 19.3 Å². The summed E-state index contributed by atoms with van der Waals surface area (Å²) in [6, 6.07) is 0. The van der Waals surface area contributed by atoms with Crippen LogP contribution in [0, 0.1) is 0 Å². The number of unbranched alkanes of at least 4 members (excludes halogenated alkanes) is 14. The summed E-state index contributed by atoms with van der Waals surface area (Å²) >= 11 is 0.